The maximum atomic E-state index is 11.4. The highest BCUT2D eigenvalue weighted by Gasteiger charge is 2.39. The van der Waals surface area contributed by atoms with Gasteiger partial charge < -0.3 is 24.8 Å². The van der Waals surface area contributed by atoms with Crippen LogP contribution in [0, 0.1) is 11.8 Å². The SMILES string of the molecule is CCCCc1ccc(OCC(C)(O)C=C[C@@H]2[C@@H](CC=C=CCCC(=O)OCC)[C@@H](O)C[C@H]2O)cc1. The Morgan fingerprint density at radius 3 is 2.60 bits per heavy atom. The van der Waals surface area contributed by atoms with Gasteiger partial charge in [0.25, 0.3) is 0 Å². The summed E-state index contributed by atoms with van der Waals surface area (Å²) in [6.07, 6.45) is 10.8. The summed E-state index contributed by atoms with van der Waals surface area (Å²) in [6.45, 7) is 6.07. The Bertz CT molecular complexity index is 850. The molecule has 1 unspecified atom stereocenters. The van der Waals surface area contributed by atoms with Crippen molar-refractivity contribution >= 4 is 5.97 Å². The molecule has 2 rings (SSSR count). The second-order valence-electron chi connectivity index (χ2n) is 9.52. The van der Waals surface area contributed by atoms with Crippen molar-refractivity contribution < 1.29 is 29.6 Å². The molecule has 1 aromatic carbocycles. The van der Waals surface area contributed by atoms with Crippen molar-refractivity contribution in [1.29, 1.82) is 0 Å². The number of aryl methyl sites for hydroxylation is 1. The summed E-state index contributed by atoms with van der Waals surface area (Å²) < 4.78 is 10.7. The van der Waals surface area contributed by atoms with Crippen LogP contribution in [-0.4, -0.2) is 52.3 Å². The Balaban J connectivity index is 1.89. The molecule has 0 amide bonds. The maximum Gasteiger partial charge on any atom is 0.306 e. The number of allylic oxidation sites excluding steroid dienone is 1. The van der Waals surface area contributed by atoms with Crippen LogP contribution < -0.4 is 4.74 Å². The summed E-state index contributed by atoms with van der Waals surface area (Å²) in [5, 5.41) is 31.7. The molecule has 0 radical (unpaired) electrons. The molecule has 0 aliphatic heterocycles. The van der Waals surface area contributed by atoms with E-state index in [-0.39, 0.29) is 24.4 Å². The van der Waals surface area contributed by atoms with Gasteiger partial charge in [-0.3, -0.25) is 4.79 Å². The predicted molar refractivity (Wildman–Crippen MR) is 137 cm³/mol. The van der Waals surface area contributed by atoms with Gasteiger partial charge in [0.2, 0.25) is 0 Å². The summed E-state index contributed by atoms with van der Waals surface area (Å²) in [5.41, 5.74) is 3.10. The number of rotatable bonds is 14. The molecule has 5 atom stereocenters. The normalized spacial score (nSPS) is 23.5. The van der Waals surface area contributed by atoms with Gasteiger partial charge >= 0.3 is 5.97 Å². The van der Waals surface area contributed by atoms with Crippen molar-refractivity contribution in [3.63, 3.8) is 0 Å². The molecular formula is C29H42O6. The minimum absolute atomic E-state index is 0.0803. The Morgan fingerprint density at radius 1 is 1.17 bits per heavy atom. The number of esters is 1. The van der Waals surface area contributed by atoms with Crippen LogP contribution in [0.2, 0.25) is 0 Å². The molecule has 0 spiro atoms. The van der Waals surface area contributed by atoms with E-state index < -0.39 is 17.8 Å². The van der Waals surface area contributed by atoms with Crippen LogP contribution in [0.5, 0.6) is 5.75 Å². The summed E-state index contributed by atoms with van der Waals surface area (Å²) in [5.74, 6) is 0.00427. The lowest BCUT2D eigenvalue weighted by Gasteiger charge is -2.23. The van der Waals surface area contributed by atoms with Gasteiger partial charge in [-0.25, -0.2) is 0 Å². The number of hydrogen-bond acceptors (Lipinski definition) is 6. The van der Waals surface area contributed by atoms with Gasteiger partial charge in [-0.15, -0.1) is 5.73 Å². The number of benzene rings is 1. The van der Waals surface area contributed by atoms with Crippen molar-refractivity contribution in [2.75, 3.05) is 13.2 Å². The molecule has 0 saturated heterocycles. The topological polar surface area (TPSA) is 96.2 Å². The van der Waals surface area contributed by atoms with E-state index in [9.17, 15) is 20.1 Å². The fraction of sp³-hybridized carbons (Fsp3) is 0.586. The number of unbranched alkanes of at least 4 members (excludes halogenated alkanes) is 1. The number of hydrogen-bond donors (Lipinski definition) is 3. The minimum Gasteiger partial charge on any atom is -0.490 e. The smallest absolute Gasteiger partial charge is 0.306 e. The van der Waals surface area contributed by atoms with E-state index in [0.717, 1.165) is 19.3 Å². The van der Waals surface area contributed by atoms with Crippen molar-refractivity contribution in [3.8, 4) is 5.75 Å². The van der Waals surface area contributed by atoms with E-state index in [1.54, 1.807) is 32.1 Å². The molecule has 0 bridgehead atoms. The lowest BCUT2D eigenvalue weighted by atomic mass is 9.89. The van der Waals surface area contributed by atoms with Crippen molar-refractivity contribution in [3.05, 3.63) is 59.9 Å². The molecule has 0 aromatic heterocycles. The quantitative estimate of drug-likeness (QED) is 0.203. The first-order valence-electron chi connectivity index (χ1n) is 12.8. The van der Waals surface area contributed by atoms with Crippen molar-refractivity contribution in [2.24, 2.45) is 11.8 Å². The standard InChI is InChI=1S/C29H42O6/c1-4-6-11-22-14-16-23(17-15-22)35-21-29(3,33)19-18-25-24(26(30)20-27(25)31)12-9-7-8-10-13-28(32)34-5-2/h8-9,14-19,24-27,30-31,33H,4-6,10-13,20-21H2,1-3H3/t7?,24-,25-,26+,27-,29?/m1/s1. The van der Waals surface area contributed by atoms with Crippen LogP contribution in [0.25, 0.3) is 0 Å². The van der Waals surface area contributed by atoms with Crippen LogP contribution in [0.4, 0.5) is 0 Å². The molecule has 194 valence electrons. The number of ether oxygens (including phenoxy) is 2. The Labute approximate surface area is 210 Å². The first kappa shape index (κ1) is 28.9. The largest absolute Gasteiger partial charge is 0.490 e. The molecule has 35 heavy (non-hydrogen) atoms. The zero-order chi connectivity index (χ0) is 25.7. The zero-order valence-electron chi connectivity index (χ0n) is 21.4. The lowest BCUT2D eigenvalue weighted by Crippen LogP contribution is -2.30. The number of carbonyl (C=O) groups is 1. The van der Waals surface area contributed by atoms with Gasteiger partial charge in [0, 0.05) is 18.8 Å². The average molecular weight is 487 g/mol. The van der Waals surface area contributed by atoms with Gasteiger partial charge in [0.15, 0.2) is 0 Å². The van der Waals surface area contributed by atoms with E-state index in [1.165, 1.54) is 5.56 Å². The monoisotopic (exact) mass is 486 g/mol. The van der Waals surface area contributed by atoms with Crippen LogP contribution in [0.3, 0.4) is 0 Å². The highest BCUT2D eigenvalue weighted by molar-refractivity contribution is 5.69. The molecule has 1 saturated carbocycles. The van der Waals surface area contributed by atoms with E-state index in [2.05, 4.69) is 24.8 Å². The van der Waals surface area contributed by atoms with E-state index in [0.29, 0.717) is 38.0 Å². The molecule has 1 aliphatic rings. The molecule has 0 heterocycles. The van der Waals surface area contributed by atoms with Crippen LogP contribution in [0.1, 0.15) is 64.9 Å². The molecule has 6 nitrogen and oxygen atoms in total. The summed E-state index contributed by atoms with van der Waals surface area (Å²) >= 11 is 0. The summed E-state index contributed by atoms with van der Waals surface area (Å²) in [4.78, 5) is 11.4. The van der Waals surface area contributed by atoms with Gasteiger partial charge in [-0.2, -0.15) is 0 Å². The number of carbonyl (C=O) groups excluding carboxylic acids is 1. The molecular weight excluding hydrogens is 444 g/mol. The zero-order valence-corrected chi connectivity index (χ0v) is 21.4. The average Bonchev–Trinajstić information content (AvgIpc) is 3.10. The third-order valence-corrected chi connectivity index (χ3v) is 6.29. The van der Waals surface area contributed by atoms with Gasteiger partial charge in [0.1, 0.15) is 18.0 Å². The minimum atomic E-state index is -1.22. The third-order valence-electron chi connectivity index (χ3n) is 6.29. The Morgan fingerprint density at radius 2 is 1.91 bits per heavy atom. The van der Waals surface area contributed by atoms with Gasteiger partial charge in [-0.1, -0.05) is 37.6 Å². The molecule has 3 N–H and O–H groups in total. The molecule has 1 fully saturated rings. The molecule has 6 heteroatoms. The number of aliphatic hydroxyl groups is 3. The van der Waals surface area contributed by atoms with E-state index >= 15 is 0 Å². The molecule has 1 aliphatic carbocycles. The van der Waals surface area contributed by atoms with Crippen LogP contribution >= 0.6 is 0 Å². The van der Waals surface area contributed by atoms with E-state index in [4.69, 9.17) is 9.47 Å². The van der Waals surface area contributed by atoms with Crippen molar-refractivity contribution in [1.82, 2.24) is 0 Å². The predicted octanol–water partition coefficient (Wildman–Crippen LogP) is 4.52. The Kier molecular flexibility index (Phi) is 12.3. The maximum absolute atomic E-state index is 11.4. The lowest BCUT2D eigenvalue weighted by molar-refractivity contribution is -0.143. The molecule has 1 aromatic rings. The van der Waals surface area contributed by atoms with Gasteiger partial charge in [-0.05, 0) is 75.3 Å². The van der Waals surface area contributed by atoms with Crippen molar-refractivity contribution in [2.45, 2.75) is 83.5 Å². The first-order chi connectivity index (χ1) is 16.8. The van der Waals surface area contributed by atoms with Crippen LogP contribution in [0.15, 0.2) is 54.3 Å². The Hall–Kier alpha value is -2.37. The summed E-state index contributed by atoms with van der Waals surface area (Å²) in [6, 6.07) is 7.94. The fourth-order valence-electron chi connectivity index (χ4n) is 4.23. The highest BCUT2D eigenvalue weighted by atomic mass is 16.5. The van der Waals surface area contributed by atoms with Crippen LogP contribution in [-0.2, 0) is 16.0 Å². The highest BCUT2D eigenvalue weighted by Crippen LogP contribution is 2.36. The fourth-order valence-corrected chi connectivity index (χ4v) is 4.23. The first-order valence-corrected chi connectivity index (χ1v) is 12.8. The summed E-state index contributed by atoms with van der Waals surface area (Å²) in [7, 11) is 0. The second kappa shape index (κ2) is 14.9. The third kappa shape index (κ3) is 10.4. The van der Waals surface area contributed by atoms with E-state index in [1.807, 2.05) is 18.2 Å². The number of aliphatic hydroxyl groups excluding tert-OH is 2. The second-order valence-corrected chi connectivity index (χ2v) is 9.52. The van der Waals surface area contributed by atoms with Gasteiger partial charge in [0.05, 0.1) is 18.8 Å².